The quantitative estimate of drug-likeness (QED) is 0.412. The summed E-state index contributed by atoms with van der Waals surface area (Å²) in [6.07, 6.45) is -4.70. The fourth-order valence-electron chi connectivity index (χ4n) is 2.97. The van der Waals surface area contributed by atoms with Crippen molar-refractivity contribution in [1.29, 1.82) is 0 Å². The molecule has 0 aromatic heterocycles. The Morgan fingerprint density at radius 1 is 0.786 bits per heavy atom. The summed E-state index contributed by atoms with van der Waals surface area (Å²) >= 11 is 3.10. The van der Waals surface area contributed by atoms with Crippen molar-refractivity contribution in [2.45, 2.75) is 18.6 Å². The lowest BCUT2D eigenvalue weighted by atomic mass is 9.83. The second-order valence-electron chi connectivity index (χ2n) is 6.47. The predicted octanol–water partition coefficient (Wildman–Crippen LogP) is 7.12. The van der Waals surface area contributed by atoms with Crippen LogP contribution in [0.15, 0.2) is 71.2 Å². The normalized spacial score (nSPS) is 13.8. The van der Waals surface area contributed by atoms with Gasteiger partial charge in [-0.2, -0.15) is 13.2 Å². The molecule has 146 valence electrons. The molecule has 0 fully saturated rings. The van der Waals surface area contributed by atoms with Gasteiger partial charge in [-0.15, -0.1) is 0 Å². The van der Waals surface area contributed by atoms with Crippen LogP contribution in [-0.2, 0) is 11.7 Å². The zero-order valence-electron chi connectivity index (χ0n) is 14.6. The average Bonchev–Trinajstić information content (AvgIpc) is 2.63. The second kappa shape index (κ2) is 7.54. The summed E-state index contributed by atoms with van der Waals surface area (Å²) in [7, 11) is 0. The molecule has 1 atom stereocenters. The second-order valence-corrected chi connectivity index (χ2v) is 7.33. The summed E-state index contributed by atoms with van der Waals surface area (Å²) in [5.74, 6) is -1.52. The highest BCUT2D eigenvalue weighted by atomic mass is 79.9. The first-order valence-corrected chi connectivity index (χ1v) is 9.06. The van der Waals surface area contributed by atoms with Gasteiger partial charge in [0, 0.05) is 5.69 Å². The van der Waals surface area contributed by atoms with Gasteiger partial charge in [0.1, 0.15) is 11.6 Å². The van der Waals surface area contributed by atoms with E-state index in [2.05, 4.69) is 21.2 Å². The maximum absolute atomic E-state index is 14.1. The largest absolute Gasteiger partial charge is 0.416 e. The molecule has 0 radical (unpaired) electrons. The molecule has 0 bridgehead atoms. The first-order valence-electron chi connectivity index (χ1n) is 8.26. The van der Waals surface area contributed by atoms with Gasteiger partial charge in [-0.05, 0) is 76.4 Å². The third kappa shape index (κ3) is 4.19. The van der Waals surface area contributed by atoms with E-state index in [1.807, 2.05) is 0 Å². The van der Waals surface area contributed by atoms with Gasteiger partial charge in [-0.3, -0.25) is 0 Å². The number of halogens is 6. The van der Waals surface area contributed by atoms with Crippen molar-refractivity contribution in [1.82, 2.24) is 0 Å². The van der Waals surface area contributed by atoms with Gasteiger partial charge >= 0.3 is 6.18 Å². The summed E-state index contributed by atoms with van der Waals surface area (Å²) < 4.78 is 67.7. The smallest absolute Gasteiger partial charge is 0.372 e. The van der Waals surface area contributed by atoms with Crippen molar-refractivity contribution in [3.8, 4) is 0 Å². The molecule has 7 heteroatoms. The van der Waals surface area contributed by atoms with Gasteiger partial charge in [-0.1, -0.05) is 24.3 Å². The molecule has 0 saturated carbocycles. The summed E-state index contributed by atoms with van der Waals surface area (Å²) in [5.41, 5.74) is -1.22. The number of alkyl halides is 3. The zero-order valence-corrected chi connectivity index (χ0v) is 16.2. The Balaban J connectivity index is 2.21. The molecule has 3 aromatic carbocycles. The van der Waals surface area contributed by atoms with Crippen molar-refractivity contribution >= 4 is 21.6 Å². The van der Waals surface area contributed by atoms with Gasteiger partial charge in [-0.25, -0.2) is 8.78 Å². The molecule has 1 nitrogen and oxygen atoms in total. The van der Waals surface area contributed by atoms with Crippen molar-refractivity contribution in [2.24, 2.45) is 0 Å². The van der Waals surface area contributed by atoms with Gasteiger partial charge in [0.2, 0.25) is 0 Å². The van der Waals surface area contributed by atoms with Crippen LogP contribution in [0.1, 0.15) is 23.6 Å². The van der Waals surface area contributed by atoms with Crippen LogP contribution in [0.4, 0.5) is 27.6 Å². The molecule has 0 aliphatic heterocycles. The lowest BCUT2D eigenvalue weighted by Crippen LogP contribution is -2.34. The summed E-state index contributed by atoms with van der Waals surface area (Å²) in [5, 5.41) is 3.16. The zero-order chi connectivity index (χ0) is 20.5. The Bertz CT molecular complexity index is 988. The molecule has 1 N–H and O–H groups in total. The molecule has 3 aromatic rings. The molecule has 0 aliphatic rings. The number of hydrogen-bond acceptors (Lipinski definition) is 1. The number of para-hydroxylation sites is 1. The summed E-state index contributed by atoms with van der Waals surface area (Å²) in [6, 6.07) is 15.3. The standard InChI is InChI=1S/C21H15BrF5N/c1-20(28-17-5-3-2-4-6-17,13-7-8-19(24)18(22)12-13)14-9-15(21(25,26)27)11-16(23)10-14/h2-12,28H,1H3/t20-/m1/s1. The van der Waals surface area contributed by atoms with Crippen LogP contribution in [0.3, 0.4) is 0 Å². The maximum atomic E-state index is 14.1. The topological polar surface area (TPSA) is 12.0 Å². The fourth-order valence-corrected chi connectivity index (χ4v) is 3.35. The van der Waals surface area contributed by atoms with Gasteiger partial charge in [0.05, 0.1) is 15.6 Å². The molecule has 3 rings (SSSR count). The first kappa shape index (κ1) is 20.3. The molecule has 28 heavy (non-hydrogen) atoms. The number of rotatable bonds is 4. The Hall–Kier alpha value is -2.41. The summed E-state index contributed by atoms with van der Waals surface area (Å²) in [6.45, 7) is 1.62. The molecule has 0 unspecified atom stereocenters. The van der Waals surface area contributed by atoms with Crippen LogP contribution in [0.2, 0.25) is 0 Å². The van der Waals surface area contributed by atoms with Crippen molar-refractivity contribution in [3.63, 3.8) is 0 Å². The molecule has 0 aliphatic carbocycles. The number of benzene rings is 3. The molecule has 0 saturated heterocycles. The van der Waals surface area contributed by atoms with Crippen LogP contribution in [0, 0.1) is 11.6 Å². The predicted molar refractivity (Wildman–Crippen MR) is 102 cm³/mol. The van der Waals surface area contributed by atoms with E-state index in [0.29, 0.717) is 17.3 Å². The SMILES string of the molecule is C[C@](Nc1ccccc1)(c1cc(F)cc(C(F)(F)F)c1)c1ccc(F)c(Br)c1. The molecule has 0 spiro atoms. The highest BCUT2D eigenvalue weighted by Crippen LogP contribution is 2.38. The number of nitrogens with one attached hydrogen (secondary N) is 1. The highest BCUT2D eigenvalue weighted by Gasteiger charge is 2.36. The third-order valence-corrected chi connectivity index (χ3v) is 5.08. The third-order valence-electron chi connectivity index (χ3n) is 4.47. The van der Waals surface area contributed by atoms with E-state index in [0.717, 1.165) is 12.1 Å². The Morgan fingerprint density at radius 2 is 1.43 bits per heavy atom. The average molecular weight is 456 g/mol. The monoisotopic (exact) mass is 455 g/mol. The molecular weight excluding hydrogens is 441 g/mol. The lowest BCUT2D eigenvalue weighted by Gasteiger charge is -2.34. The van der Waals surface area contributed by atoms with Crippen LogP contribution < -0.4 is 5.32 Å². The summed E-state index contributed by atoms with van der Waals surface area (Å²) in [4.78, 5) is 0. The van der Waals surface area contributed by atoms with Crippen LogP contribution in [0.25, 0.3) is 0 Å². The van der Waals surface area contributed by atoms with E-state index < -0.39 is 28.9 Å². The van der Waals surface area contributed by atoms with E-state index in [4.69, 9.17) is 0 Å². The highest BCUT2D eigenvalue weighted by molar-refractivity contribution is 9.10. The minimum atomic E-state index is -4.70. The van der Waals surface area contributed by atoms with E-state index in [1.165, 1.54) is 18.2 Å². The van der Waals surface area contributed by atoms with E-state index in [1.54, 1.807) is 37.3 Å². The maximum Gasteiger partial charge on any atom is 0.416 e. The Labute approximate surface area is 167 Å². The molecule has 0 amide bonds. The number of hydrogen-bond donors (Lipinski definition) is 1. The van der Waals surface area contributed by atoms with Crippen molar-refractivity contribution < 1.29 is 22.0 Å². The number of anilines is 1. The first-order chi connectivity index (χ1) is 13.1. The van der Waals surface area contributed by atoms with Crippen LogP contribution >= 0.6 is 15.9 Å². The Kier molecular flexibility index (Phi) is 5.48. The van der Waals surface area contributed by atoms with Crippen LogP contribution in [0.5, 0.6) is 0 Å². The lowest BCUT2D eigenvalue weighted by molar-refractivity contribution is -0.137. The van der Waals surface area contributed by atoms with Crippen molar-refractivity contribution in [2.75, 3.05) is 5.32 Å². The van der Waals surface area contributed by atoms with E-state index >= 15 is 0 Å². The van der Waals surface area contributed by atoms with Gasteiger partial charge in [0.25, 0.3) is 0 Å². The fraction of sp³-hybridized carbons (Fsp3) is 0.143. The minimum Gasteiger partial charge on any atom is -0.372 e. The minimum absolute atomic E-state index is 0.0576. The Morgan fingerprint density at radius 3 is 2.04 bits per heavy atom. The molecular formula is C21H15BrF5N. The van der Waals surface area contributed by atoms with E-state index in [-0.39, 0.29) is 10.0 Å². The van der Waals surface area contributed by atoms with Gasteiger partial charge in [0.15, 0.2) is 0 Å². The van der Waals surface area contributed by atoms with Crippen molar-refractivity contribution in [3.05, 3.63) is 99.5 Å². The molecule has 0 heterocycles. The van der Waals surface area contributed by atoms with E-state index in [9.17, 15) is 22.0 Å². The van der Waals surface area contributed by atoms with Crippen LogP contribution in [-0.4, -0.2) is 0 Å². The van der Waals surface area contributed by atoms with Gasteiger partial charge < -0.3 is 5.32 Å².